The van der Waals surface area contributed by atoms with Gasteiger partial charge >= 0.3 is 5.97 Å². The van der Waals surface area contributed by atoms with Gasteiger partial charge in [-0.05, 0) is 24.7 Å². The van der Waals surface area contributed by atoms with Gasteiger partial charge in [-0.15, -0.1) is 0 Å². The third-order valence-electron chi connectivity index (χ3n) is 3.10. The molecule has 0 fully saturated rings. The van der Waals surface area contributed by atoms with Crippen molar-refractivity contribution in [2.75, 3.05) is 37.7 Å². The quantitative estimate of drug-likeness (QED) is 0.748. The monoisotopic (exact) mass is 278 g/mol. The second-order valence-electron chi connectivity index (χ2n) is 4.55. The van der Waals surface area contributed by atoms with Crippen molar-refractivity contribution < 1.29 is 19.4 Å². The van der Waals surface area contributed by atoms with E-state index in [4.69, 9.17) is 9.84 Å². The zero-order valence-corrected chi connectivity index (χ0v) is 11.4. The van der Waals surface area contributed by atoms with Crippen LogP contribution < -0.4 is 15.0 Å². The molecule has 0 saturated heterocycles. The van der Waals surface area contributed by atoms with Crippen LogP contribution in [0.4, 0.5) is 5.69 Å². The van der Waals surface area contributed by atoms with Crippen molar-refractivity contribution in [2.24, 2.45) is 0 Å². The van der Waals surface area contributed by atoms with Crippen LogP contribution in [0, 0.1) is 0 Å². The van der Waals surface area contributed by atoms with Gasteiger partial charge in [-0.3, -0.25) is 9.59 Å². The molecule has 0 spiro atoms. The Kier molecular flexibility index (Phi) is 4.57. The Bertz CT molecular complexity index is 516. The summed E-state index contributed by atoms with van der Waals surface area (Å²) in [4.78, 5) is 24.6. The van der Waals surface area contributed by atoms with Crippen LogP contribution >= 0.6 is 0 Å². The number of carbonyl (C=O) groups is 2. The molecule has 0 saturated carbocycles. The second kappa shape index (κ2) is 6.38. The number of fused-ring (bicyclic) bond motifs is 1. The van der Waals surface area contributed by atoms with Crippen molar-refractivity contribution in [3.05, 3.63) is 23.8 Å². The van der Waals surface area contributed by atoms with E-state index in [1.54, 1.807) is 23.1 Å². The number of carbonyl (C=O) groups excluding carboxylic acids is 1. The van der Waals surface area contributed by atoms with Crippen molar-refractivity contribution in [1.29, 1.82) is 0 Å². The topological polar surface area (TPSA) is 78.9 Å². The van der Waals surface area contributed by atoms with Gasteiger partial charge in [0.1, 0.15) is 18.9 Å². The zero-order chi connectivity index (χ0) is 14.5. The summed E-state index contributed by atoms with van der Waals surface area (Å²) in [5.74, 6) is -0.296. The zero-order valence-electron chi connectivity index (χ0n) is 11.4. The van der Waals surface area contributed by atoms with Crippen molar-refractivity contribution in [1.82, 2.24) is 5.32 Å². The summed E-state index contributed by atoms with van der Waals surface area (Å²) < 4.78 is 5.49. The highest BCUT2D eigenvalue weighted by atomic mass is 16.5. The highest BCUT2D eigenvalue weighted by Crippen LogP contribution is 2.32. The fourth-order valence-electron chi connectivity index (χ4n) is 2.11. The number of likely N-dealkylation sites (N-methyl/N-ethyl adjacent to an activating group) is 1. The molecule has 1 aromatic carbocycles. The van der Waals surface area contributed by atoms with Gasteiger partial charge < -0.3 is 20.1 Å². The van der Waals surface area contributed by atoms with E-state index in [-0.39, 0.29) is 18.9 Å². The standard InChI is InChI=1S/C14H18N2O4/c1-2-15-8-12(17)10-3-4-13-11(7-10)16(5-6-20-13)9-14(18)19/h3-4,7,15H,2,5-6,8-9H2,1H3,(H,18,19). The number of carboxylic acids is 1. The van der Waals surface area contributed by atoms with Crippen LogP contribution in [0.25, 0.3) is 0 Å². The Balaban J connectivity index is 2.23. The summed E-state index contributed by atoms with van der Waals surface area (Å²) in [6, 6.07) is 5.14. The summed E-state index contributed by atoms with van der Waals surface area (Å²) in [6.07, 6.45) is 0. The number of hydrogen-bond donors (Lipinski definition) is 2. The van der Waals surface area contributed by atoms with E-state index in [0.717, 1.165) is 6.54 Å². The number of ketones is 1. The molecule has 1 aromatic rings. The van der Waals surface area contributed by atoms with E-state index in [1.165, 1.54) is 0 Å². The van der Waals surface area contributed by atoms with Crippen LogP contribution in [0.2, 0.25) is 0 Å². The molecular weight excluding hydrogens is 260 g/mol. The Morgan fingerprint density at radius 1 is 1.45 bits per heavy atom. The van der Waals surface area contributed by atoms with E-state index < -0.39 is 5.97 Å². The summed E-state index contributed by atoms with van der Waals surface area (Å²) in [6.45, 7) is 3.79. The molecule has 6 heteroatoms. The number of carboxylic acid groups (broad SMARTS) is 1. The number of hydrogen-bond acceptors (Lipinski definition) is 5. The van der Waals surface area contributed by atoms with Crippen molar-refractivity contribution in [2.45, 2.75) is 6.92 Å². The minimum absolute atomic E-state index is 0.0181. The molecule has 0 bridgehead atoms. The number of Topliss-reactive ketones (excluding diaryl/α,β-unsaturated/α-hetero) is 1. The first kappa shape index (κ1) is 14.3. The number of rotatable bonds is 6. The van der Waals surface area contributed by atoms with Gasteiger partial charge in [-0.1, -0.05) is 6.92 Å². The van der Waals surface area contributed by atoms with Crippen LogP contribution in [0.3, 0.4) is 0 Å². The molecule has 0 unspecified atom stereocenters. The number of aliphatic carboxylic acids is 1. The van der Waals surface area contributed by atoms with E-state index in [9.17, 15) is 9.59 Å². The molecule has 1 aliphatic rings. The lowest BCUT2D eigenvalue weighted by Crippen LogP contribution is -2.36. The summed E-state index contributed by atoms with van der Waals surface area (Å²) in [5.41, 5.74) is 1.23. The first-order valence-electron chi connectivity index (χ1n) is 6.59. The Labute approximate surface area is 117 Å². The lowest BCUT2D eigenvalue weighted by Gasteiger charge is -2.30. The number of ether oxygens (including phenoxy) is 1. The smallest absolute Gasteiger partial charge is 0.323 e. The maximum atomic E-state index is 12.0. The van der Waals surface area contributed by atoms with Crippen LogP contribution in [0.15, 0.2) is 18.2 Å². The fraction of sp³-hybridized carbons (Fsp3) is 0.429. The SMILES string of the molecule is CCNCC(=O)c1ccc2c(c1)N(CC(=O)O)CCO2. The van der Waals surface area contributed by atoms with Gasteiger partial charge in [0.25, 0.3) is 0 Å². The second-order valence-corrected chi connectivity index (χ2v) is 4.55. The van der Waals surface area contributed by atoms with Gasteiger partial charge in [0.2, 0.25) is 0 Å². The number of benzene rings is 1. The average Bonchev–Trinajstić information content (AvgIpc) is 2.44. The van der Waals surface area contributed by atoms with Crippen LogP contribution in [-0.4, -0.2) is 49.6 Å². The molecule has 1 heterocycles. The Morgan fingerprint density at radius 3 is 2.95 bits per heavy atom. The number of nitrogens with one attached hydrogen (secondary N) is 1. The van der Waals surface area contributed by atoms with Crippen molar-refractivity contribution in [3.8, 4) is 5.75 Å². The van der Waals surface area contributed by atoms with Crippen molar-refractivity contribution >= 4 is 17.4 Å². The molecule has 0 aromatic heterocycles. The van der Waals surface area contributed by atoms with E-state index in [1.807, 2.05) is 6.92 Å². The Hall–Kier alpha value is -2.08. The first-order valence-corrected chi connectivity index (χ1v) is 6.59. The molecule has 2 rings (SSSR count). The van der Waals surface area contributed by atoms with Gasteiger partial charge in [0.15, 0.2) is 5.78 Å². The molecule has 1 aliphatic heterocycles. The van der Waals surface area contributed by atoms with E-state index in [0.29, 0.717) is 30.2 Å². The third-order valence-corrected chi connectivity index (χ3v) is 3.10. The normalized spacial score (nSPS) is 13.6. The van der Waals surface area contributed by atoms with Gasteiger partial charge in [-0.25, -0.2) is 0 Å². The van der Waals surface area contributed by atoms with Gasteiger partial charge in [-0.2, -0.15) is 0 Å². The van der Waals surface area contributed by atoms with Crippen LogP contribution in [0.5, 0.6) is 5.75 Å². The first-order chi connectivity index (χ1) is 9.61. The van der Waals surface area contributed by atoms with Crippen molar-refractivity contribution in [3.63, 3.8) is 0 Å². The summed E-state index contributed by atoms with van der Waals surface area (Å²) >= 11 is 0. The van der Waals surface area contributed by atoms with Crippen LogP contribution in [0.1, 0.15) is 17.3 Å². The molecule has 0 radical (unpaired) electrons. The minimum atomic E-state index is -0.901. The van der Waals surface area contributed by atoms with Gasteiger partial charge in [0, 0.05) is 5.56 Å². The van der Waals surface area contributed by atoms with Gasteiger partial charge in [0.05, 0.1) is 18.8 Å². The number of nitrogens with zero attached hydrogens (tertiary/aromatic N) is 1. The predicted octanol–water partition coefficient (Wildman–Crippen LogP) is 0.762. The molecule has 20 heavy (non-hydrogen) atoms. The van der Waals surface area contributed by atoms with E-state index >= 15 is 0 Å². The lowest BCUT2D eigenvalue weighted by molar-refractivity contribution is -0.135. The van der Waals surface area contributed by atoms with E-state index in [2.05, 4.69) is 5.32 Å². The average molecular weight is 278 g/mol. The highest BCUT2D eigenvalue weighted by Gasteiger charge is 2.21. The summed E-state index contributed by atoms with van der Waals surface area (Å²) in [7, 11) is 0. The minimum Gasteiger partial charge on any atom is -0.490 e. The molecule has 108 valence electrons. The molecule has 0 aliphatic carbocycles. The molecule has 6 nitrogen and oxygen atoms in total. The molecule has 0 amide bonds. The maximum Gasteiger partial charge on any atom is 0.323 e. The molecule has 2 N–H and O–H groups in total. The fourth-order valence-corrected chi connectivity index (χ4v) is 2.11. The Morgan fingerprint density at radius 2 is 2.25 bits per heavy atom. The molecular formula is C14H18N2O4. The highest BCUT2D eigenvalue weighted by molar-refractivity contribution is 5.99. The number of anilines is 1. The largest absolute Gasteiger partial charge is 0.490 e. The predicted molar refractivity (Wildman–Crippen MR) is 74.7 cm³/mol. The maximum absolute atomic E-state index is 12.0. The van der Waals surface area contributed by atoms with Crippen LogP contribution in [-0.2, 0) is 4.79 Å². The summed E-state index contributed by atoms with van der Waals surface area (Å²) in [5, 5.41) is 11.9. The molecule has 0 atom stereocenters. The lowest BCUT2D eigenvalue weighted by atomic mass is 10.1. The third kappa shape index (κ3) is 3.27.